The van der Waals surface area contributed by atoms with E-state index in [9.17, 15) is 10.4 Å². The summed E-state index contributed by atoms with van der Waals surface area (Å²) < 4.78 is 0. The molecule has 0 spiro atoms. The van der Waals surface area contributed by atoms with Crippen molar-refractivity contribution in [1.29, 1.82) is 11.1 Å². The third kappa shape index (κ3) is 6.80. The van der Waals surface area contributed by atoms with Gasteiger partial charge >= 0.3 is 0 Å². The van der Waals surface area contributed by atoms with Crippen LogP contribution < -0.4 is 0 Å². The molecular formula is C3H8N4O2. The molecule has 0 saturated carbocycles. The molecule has 0 unspecified atom stereocenters. The van der Waals surface area contributed by atoms with E-state index in [2.05, 4.69) is 0 Å². The standard InChI is InChI=1S/C3H8N4O2/c4-6(8)2-1-3-7(5)9/h4-5H,1-3H2. The molecule has 2 N–H and O–H groups in total. The molecule has 0 aromatic heterocycles. The minimum Gasteiger partial charge on any atom is -0.600 e. The monoisotopic (exact) mass is 132 g/mol. The molecule has 0 rings (SSSR count). The van der Waals surface area contributed by atoms with E-state index in [1.807, 2.05) is 0 Å². The van der Waals surface area contributed by atoms with Gasteiger partial charge in [0, 0.05) is 0 Å². The normalized spacial score (nSPS) is 8.89. The topological polar surface area (TPSA) is 99.8 Å². The molecule has 0 aromatic rings. The van der Waals surface area contributed by atoms with Crippen LogP contribution in [-0.4, -0.2) is 22.8 Å². The summed E-state index contributed by atoms with van der Waals surface area (Å²) in [7, 11) is 0. The largest absolute Gasteiger partial charge is 0.600 e. The van der Waals surface area contributed by atoms with Crippen LogP contribution in [0.1, 0.15) is 6.42 Å². The zero-order valence-corrected chi connectivity index (χ0v) is 4.83. The van der Waals surface area contributed by atoms with Crippen molar-refractivity contribution in [2.24, 2.45) is 0 Å². The van der Waals surface area contributed by atoms with Crippen LogP contribution in [0.5, 0.6) is 0 Å². The van der Waals surface area contributed by atoms with Gasteiger partial charge in [0.15, 0.2) is 13.1 Å². The highest BCUT2D eigenvalue weighted by Gasteiger charge is 1.96. The van der Waals surface area contributed by atoms with Gasteiger partial charge in [-0.3, -0.25) is 0 Å². The van der Waals surface area contributed by atoms with Crippen LogP contribution in [0.2, 0.25) is 0 Å². The smallest absolute Gasteiger partial charge is 0.186 e. The highest BCUT2D eigenvalue weighted by molar-refractivity contribution is 4.27. The van der Waals surface area contributed by atoms with Crippen LogP contribution in [0.15, 0.2) is 0 Å². The lowest BCUT2D eigenvalue weighted by Crippen LogP contribution is -2.07. The Morgan fingerprint density at radius 1 is 1.00 bits per heavy atom. The summed E-state index contributed by atoms with van der Waals surface area (Å²) in [5.74, 6) is 0. The van der Waals surface area contributed by atoms with Gasteiger partial charge in [-0.1, -0.05) is 9.72 Å². The molecule has 9 heavy (non-hydrogen) atoms. The number of hydrogen-bond acceptors (Lipinski definition) is 4. The average Bonchev–Trinajstić information content (AvgIpc) is 1.63. The predicted molar refractivity (Wildman–Crippen MR) is 27.0 cm³/mol. The molecule has 0 fully saturated rings. The lowest BCUT2D eigenvalue weighted by Gasteiger charge is -1.96. The lowest BCUT2D eigenvalue weighted by atomic mass is 10.4. The van der Waals surface area contributed by atoms with Crippen molar-refractivity contribution >= 4 is 0 Å². The van der Waals surface area contributed by atoms with Crippen LogP contribution in [0.3, 0.4) is 0 Å². The quantitative estimate of drug-likeness (QED) is 0.330. The van der Waals surface area contributed by atoms with E-state index in [-0.39, 0.29) is 29.2 Å². The minimum absolute atomic E-state index is 0.0104. The highest BCUT2D eigenvalue weighted by Crippen LogP contribution is 1.80. The fraction of sp³-hybridized carbons (Fsp3) is 1.00. The lowest BCUT2D eigenvalue weighted by molar-refractivity contribution is -0.579. The van der Waals surface area contributed by atoms with E-state index in [1.165, 1.54) is 0 Å². The van der Waals surface area contributed by atoms with E-state index in [0.29, 0.717) is 0 Å². The Labute approximate surface area is 51.9 Å². The fourth-order valence-corrected chi connectivity index (χ4v) is 0.358. The van der Waals surface area contributed by atoms with Gasteiger partial charge in [-0.25, -0.2) is 0 Å². The summed E-state index contributed by atoms with van der Waals surface area (Å²) in [6.07, 6.45) is 0.264. The molecule has 0 amide bonds. The zero-order chi connectivity index (χ0) is 7.28. The second-order valence-electron chi connectivity index (χ2n) is 1.56. The van der Waals surface area contributed by atoms with Gasteiger partial charge in [-0.2, -0.15) is 0 Å². The Bertz CT molecular complexity index is 109. The molecule has 0 aliphatic heterocycles. The van der Waals surface area contributed by atoms with Crippen molar-refractivity contribution < 1.29 is 9.72 Å². The molecular weight excluding hydrogens is 124 g/mol. The molecule has 0 aromatic carbocycles. The minimum atomic E-state index is -0.0163. The third-order valence-corrected chi connectivity index (χ3v) is 0.722. The molecule has 52 valence electrons. The fourth-order valence-electron chi connectivity index (χ4n) is 0.358. The molecule has 0 bridgehead atoms. The Kier molecular flexibility index (Phi) is 3.26. The Morgan fingerprint density at radius 3 is 1.56 bits per heavy atom. The maximum absolute atomic E-state index is 9.83. The average molecular weight is 132 g/mol. The van der Waals surface area contributed by atoms with Crippen LogP contribution in [0.4, 0.5) is 0 Å². The highest BCUT2D eigenvalue weighted by atomic mass is 16.5. The van der Waals surface area contributed by atoms with Gasteiger partial charge < -0.3 is 10.4 Å². The van der Waals surface area contributed by atoms with E-state index >= 15 is 0 Å². The van der Waals surface area contributed by atoms with Crippen molar-refractivity contribution in [1.82, 2.24) is 0 Å². The molecule has 0 saturated heterocycles. The van der Waals surface area contributed by atoms with Gasteiger partial charge in [0.2, 0.25) is 0 Å². The van der Waals surface area contributed by atoms with Crippen molar-refractivity contribution in [3.63, 3.8) is 0 Å². The SMILES string of the molecule is N=[N+]([O-])CCC[N+](=N)[O-]. The molecule has 0 heterocycles. The second-order valence-corrected chi connectivity index (χ2v) is 1.56. The molecule has 0 aliphatic rings. The Hall–Kier alpha value is -1.20. The Balaban J connectivity index is 3.10. The Morgan fingerprint density at radius 2 is 1.33 bits per heavy atom. The first-order valence-corrected chi connectivity index (χ1v) is 2.44. The number of hydroxylamine groups is 2. The summed E-state index contributed by atoms with van der Waals surface area (Å²) in [5.41, 5.74) is 12.6. The van der Waals surface area contributed by atoms with Gasteiger partial charge in [0.05, 0.1) is 6.42 Å². The molecule has 6 nitrogen and oxygen atoms in total. The van der Waals surface area contributed by atoms with Gasteiger partial charge in [0.1, 0.15) is 0 Å². The first-order valence-electron chi connectivity index (χ1n) is 2.44. The van der Waals surface area contributed by atoms with E-state index in [4.69, 9.17) is 11.1 Å². The van der Waals surface area contributed by atoms with Crippen molar-refractivity contribution in [2.45, 2.75) is 6.42 Å². The summed E-state index contributed by atoms with van der Waals surface area (Å²) in [6.45, 7) is -0.0325. The summed E-state index contributed by atoms with van der Waals surface area (Å²) >= 11 is 0. The van der Waals surface area contributed by atoms with Gasteiger partial charge in [0.25, 0.3) is 0 Å². The van der Waals surface area contributed by atoms with Crippen LogP contribution >= 0.6 is 0 Å². The molecule has 0 aliphatic carbocycles. The maximum atomic E-state index is 9.83. The summed E-state index contributed by atoms with van der Waals surface area (Å²) in [4.78, 5) is -0.0208. The number of nitrogens with zero attached hydrogens (tertiary/aromatic N) is 2. The first kappa shape index (κ1) is 7.80. The van der Waals surface area contributed by atoms with Gasteiger partial charge in [-0.15, -0.1) is 0 Å². The molecule has 0 radical (unpaired) electrons. The van der Waals surface area contributed by atoms with Crippen molar-refractivity contribution in [3.8, 4) is 0 Å². The predicted octanol–water partition coefficient (Wildman–Crippen LogP) is 0.459. The van der Waals surface area contributed by atoms with E-state index < -0.39 is 0 Å². The second kappa shape index (κ2) is 3.76. The van der Waals surface area contributed by atoms with Crippen LogP contribution in [-0.2, 0) is 0 Å². The summed E-state index contributed by atoms with van der Waals surface area (Å²) in [5, 5.41) is 19.7. The van der Waals surface area contributed by atoms with Crippen LogP contribution in [0.25, 0.3) is 0 Å². The van der Waals surface area contributed by atoms with Crippen molar-refractivity contribution in [3.05, 3.63) is 10.4 Å². The first-order chi connectivity index (χ1) is 4.13. The van der Waals surface area contributed by atoms with E-state index in [1.54, 1.807) is 0 Å². The van der Waals surface area contributed by atoms with Crippen LogP contribution in [0, 0.1) is 21.5 Å². The maximum Gasteiger partial charge on any atom is 0.186 e. The number of hydrogen-bond donors (Lipinski definition) is 2. The van der Waals surface area contributed by atoms with Crippen molar-refractivity contribution in [2.75, 3.05) is 13.1 Å². The van der Waals surface area contributed by atoms with Gasteiger partial charge in [-0.05, 0) is 11.1 Å². The summed E-state index contributed by atoms with van der Waals surface area (Å²) in [6, 6.07) is 0. The molecule has 0 atom stereocenters. The number of rotatable bonds is 4. The molecule has 6 heteroatoms. The zero-order valence-electron chi connectivity index (χ0n) is 4.83. The van der Waals surface area contributed by atoms with E-state index in [0.717, 1.165) is 0 Å². The third-order valence-electron chi connectivity index (χ3n) is 0.722. The number of nitrogens with one attached hydrogen (secondary N) is 2.